The summed E-state index contributed by atoms with van der Waals surface area (Å²) in [5.41, 5.74) is 4.68. The minimum absolute atomic E-state index is 0.598. The number of nitrogens with one attached hydrogen (secondary N) is 3. The second-order valence-corrected chi connectivity index (χ2v) is 7.79. The average molecular weight is 346 g/mol. The summed E-state index contributed by atoms with van der Waals surface area (Å²) in [6.07, 6.45) is 11.2. The Morgan fingerprint density at radius 3 is 2.69 bits per heavy atom. The Balaban J connectivity index is 1.44. The topological polar surface area (TPSA) is 52.7 Å². The number of fused-ring (bicyclic) bond motifs is 1. The molecule has 134 valence electrons. The summed E-state index contributed by atoms with van der Waals surface area (Å²) in [6, 6.07) is 13.5. The molecule has 2 saturated carbocycles. The molecule has 4 heteroatoms. The van der Waals surface area contributed by atoms with Gasteiger partial charge in [-0.05, 0) is 56.0 Å². The van der Waals surface area contributed by atoms with Gasteiger partial charge in [-0.1, -0.05) is 25.3 Å². The summed E-state index contributed by atoms with van der Waals surface area (Å²) < 4.78 is 0. The van der Waals surface area contributed by atoms with E-state index in [1.165, 1.54) is 61.7 Å². The molecule has 4 nitrogen and oxygen atoms in total. The number of rotatable bonds is 5. The van der Waals surface area contributed by atoms with Crippen LogP contribution in [0.4, 0.5) is 17.2 Å². The number of H-pyrrole nitrogens is 1. The minimum atomic E-state index is 0.598. The van der Waals surface area contributed by atoms with E-state index in [1.54, 1.807) is 0 Å². The quantitative estimate of drug-likeness (QED) is 0.537. The van der Waals surface area contributed by atoms with E-state index in [1.807, 2.05) is 6.20 Å². The summed E-state index contributed by atoms with van der Waals surface area (Å²) in [4.78, 5) is 8.19. The maximum absolute atomic E-state index is 4.82. The first-order valence-electron chi connectivity index (χ1n) is 9.97. The van der Waals surface area contributed by atoms with Crippen LogP contribution in [0, 0.1) is 0 Å². The molecule has 0 saturated heterocycles. The van der Waals surface area contributed by atoms with Crippen molar-refractivity contribution in [3.05, 3.63) is 48.3 Å². The highest BCUT2D eigenvalue weighted by Crippen LogP contribution is 2.39. The molecule has 0 amide bonds. The molecule has 2 aliphatic carbocycles. The van der Waals surface area contributed by atoms with E-state index in [0.717, 1.165) is 17.0 Å². The molecule has 26 heavy (non-hydrogen) atoms. The van der Waals surface area contributed by atoms with Crippen LogP contribution in [0.1, 0.15) is 56.6 Å². The molecule has 0 bridgehead atoms. The number of aromatic nitrogens is 2. The third-order valence-electron chi connectivity index (χ3n) is 5.67. The summed E-state index contributed by atoms with van der Waals surface area (Å²) >= 11 is 0. The first-order valence-corrected chi connectivity index (χ1v) is 9.97. The summed E-state index contributed by atoms with van der Waals surface area (Å²) in [5, 5.41) is 8.52. The first-order chi connectivity index (χ1) is 12.8. The molecule has 3 aromatic rings. The van der Waals surface area contributed by atoms with Crippen molar-refractivity contribution in [3.8, 4) is 0 Å². The molecule has 0 spiro atoms. The lowest BCUT2D eigenvalue weighted by Crippen LogP contribution is -2.22. The number of pyridine rings is 1. The van der Waals surface area contributed by atoms with Crippen molar-refractivity contribution in [3.63, 3.8) is 0 Å². The lowest BCUT2D eigenvalue weighted by molar-refractivity contribution is 0.463. The molecule has 2 aliphatic rings. The second-order valence-electron chi connectivity index (χ2n) is 7.79. The van der Waals surface area contributed by atoms with Crippen LogP contribution in [0.25, 0.3) is 10.9 Å². The average Bonchev–Trinajstić information content (AvgIpc) is 3.41. The van der Waals surface area contributed by atoms with Gasteiger partial charge in [0.15, 0.2) is 0 Å². The Labute approximate surface area is 154 Å². The van der Waals surface area contributed by atoms with Gasteiger partial charge in [-0.3, -0.25) is 0 Å². The van der Waals surface area contributed by atoms with Gasteiger partial charge in [0.25, 0.3) is 0 Å². The number of nitrogens with zero attached hydrogens (tertiary/aromatic N) is 1. The van der Waals surface area contributed by atoms with E-state index in [0.29, 0.717) is 12.0 Å². The third kappa shape index (κ3) is 3.28. The van der Waals surface area contributed by atoms with Crippen LogP contribution in [0.15, 0.2) is 42.6 Å². The van der Waals surface area contributed by atoms with Crippen LogP contribution in [0.3, 0.4) is 0 Å². The van der Waals surface area contributed by atoms with Gasteiger partial charge >= 0.3 is 0 Å². The summed E-state index contributed by atoms with van der Waals surface area (Å²) in [5.74, 6) is 1.61. The Morgan fingerprint density at radius 1 is 0.962 bits per heavy atom. The van der Waals surface area contributed by atoms with E-state index in [9.17, 15) is 0 Å². The van der Waals surface area contributed by atoms with E-state index < -0.39 is 0 Å². The van der Waals surface area contributed by atoms with Gasteiger partial charge in [-0.25, -0.2) is 4.98 Å². The van der Waals surface area contributed by atoms with Gasteiger partial charge in [0.05, 0.1) is 5.69 Å². The molecule has 1 aromatic carbocycles. The zero-order valence-electron chi connectivity index (χ0n) is 15.1. The number of benzene rings is 1. The fourth-order valence-electron chi connectivity index (χ4n) is 4.10. The Hall–Kier alpha value is -2.49. The van der Waals surface area contributed by atoms with Crippen molar-refractivity contribution in [1.82, 2.24) is 9.97 Å². The third-order valence-corrected chi connectivity index (χ3v) is 5.67. The van der Waals surface area contributed by atoms with Crippen molar-refractivity contribution < 1.29 is 0 Å². The Bertz CT molecular complexity index is 903. The van der Waals surface area contributed by atoms with Crippen LogP contribution in [0.5, 0.6) is 0 Å². The van der Waals surface area contributed by atoms with Crippen LogP contribution < -0.4 is 10.6 Å². The van der Waals surface area contributed by atoms with Gasteiger partial charge in [0.2, 0.25) is 0 Å². The maximum Gasteiger partial charge on any atom is 0.130 e. The van der Waals surface area contributed by atoms with Crippen molar-refractivity contribution in [2.24, 2.45) is 0 Å². The highest BCUT2D eigenvalue weighted by Gasteiger charge is 2.25. The van der Waals surface area contributed by atoms with Crippen molar-refractivity contribution in [1.29, 1.82) is 0 Å². The lowest BCUT2D eigenvalue weighted by atomic mass is 9.95. The molecule has 3 N–H and O–H groups in total. The van der Waals surface area contributed by atoms with Gasteiger partial charge in [-0.15, -0.1) is 0 Å². The predicted molar refractivity (Wildman–Crippen MR) is 108 cm³/mol. The van der Waals surface area contributed by atoms with Crippen LogP contribution in [-0.2, 0) is 0 Å². The van der Waals surface area contributed by atoms with E-state index in [4.69, 9.17) is 4.98 Å². The van der Waals surface area contributed by atoms with Crippen LogP contribution in [-0.4, -0.2) is 16.0 Å². The monoisotopic (exact) mass is 346 g/mol. The highest BCUT2D eigenvalue weighted by molar-refractivity contribution is 5.96. The zero-order valence-corrected chi connectivity index (χ0v) is 15.1. The smallest absolute Gasteiger partial charge is 0.130 e. The first kappa shape index (κ1) is 15.7. The molecular weight excluding hydrogens is 320 g/mol. The second kappa shape index (κ2) is 6.67. The normalized spacial score (nSPS) is 18.2. The van der Waals surface area contributed by atoms with E-state index in [-0.39, 0.29) is 0 Å². The molecule has 0 atom stereocenters. The standard InChI is InChI=1S/C22H26N4/c1-2-5-16(6-3-1)24-17-13-20-18(11-12-23-20)21(14-17)26-22-8-4-7-19(25-22)15-9-10-15/h4,7-8,11-16,23-24H,1-3,5-6,9-10H2,(H,25,26). The lowest BCUT2D eigenvalue weighted by Gasteiger charge is -2.24. The SMILES string of the molecule is c1cc(Nc2cc(NC3CCCCC3)cc3[nH]ccc23)nc(C2CC2)c1. The molecule has 0 radical (unpaired) electrons. The largest absolute Gasteiger partial charge is 0.382 e. The van der Waals surface area contributed by atoms with Crippen molar-refractivity contribution in [2.45, 2.75) is 56.9 Å². The number of aromatic amines is 1. The molecular formula is C22H26N4. The van der Waals surface area contributed by atoms with Crippen molar-refractivity contribution >= 4 is 28.1 Å². The molecule has 2 aromatic heterocycles. The summed E-state index contributed by atoms with van der Waals surface area (Å²) in [7, 11) is 0. The molecule has 5 rings (SSSR count). The molecule has 0 aliphatic heterocycles. The van der Waals surface area contributed by atoms with Gasteiger partial charge in [0.1, 0.15) is 5.82 Å². The molecule has 2 fully saturated rings. The maximum atomic E-state index is 4.82. The van der Waals surface area contributed by atoms with Crippen LogP contribution >= 0.6 is 0 Å². The Kier molecular flexibility index (Phi) is 4.04. The van der Waals surface area contributed by atoms with Gasteiger partial charge in [-0.2, -0.15) is 0 Å². The van der Waals surface area contributed by atoms with E-state index in [2.05, 4.69) is 52.0 Å². The summed E-state index contributed by atoms with van der Waals surface area (Å²) in [6.45, 7) is 0. The molecule has 0 unspecified atom stereocenters. The molecule has 2 heterocycles. The minimum Gasteiger partial charge on any atom is -0.382 e. The van der Waals surface area contributed by atoms with E-state index >= 15 is 0 Å². The fraction of sp³-hybridized carbons (Fsp3) is 0.409. The Morgan fingerprint density at radius 2 is 1.85 bits per heavy atom. The zero-order chi connectivity index (χ0) is 17.3. The number of hydrogen-bond donors (Lipinski definition) is 3. The fourth-order valence-corrected chi connectivity index (χ4v) is 4.10. The highest BCUT2D eigenvalue weighted by atomic mass is 15.0. The van der Waals surface area contributed by atoms with Crippen molar-refractivity contribution in [2.75, 3.05) is 10.6 Å². The number of anilines is 3. The predicted octanol–water partition coefficient (Wildman–Crippen LogP) is 5.93. The van der Waals surface area contributed by atoms with Gasteiger partial charge < -0.3 is 15.6 Å². The number of hydrogen-bond acceptors (Lipinski definition) is 3. The van der Waals surface area contributed by atoms with Gasteiger partial charge in [0, 0.05) is 40.4 Å². The van der Waals surface area contributed by atoms with Crippen LogP contribution in [0.2, 0.25) is 0 Å².